The Balaban J connectivity index is 2.35. The van der Waals surface area contributed by atoms with Crippen LogP contribution in [0.1, 0.15) is 10.6 Å². The van der Waals surface area contributed by atoms with Gasteiger partial charge in [-0.1, -0.05) is 0 Å². The van der Waals surface area contributed by atoms with Gasteiger partial charge in [0, 0.05) is 29.8 Å². The normalized spacial score (nSPS) is 10.3. The zero-order valence-corrected chi connectivity index (χ0v) is 8.74. The van der Waals surface area contributed by atoms with Crippen LogP contribution in [0, 0.1) is 4.77 Å². The molecular formula is C8H7N3OS2. The first-order valence-electron chi connectivity index (χ1n) is 3.95. The minimum absolute atomic E-state index is 0.149. The maximum atomic E-state index is 11.4. The molecule has 2 N–H and O–H groups in total. The largest absolute Gasteiger partial charge is 0.338 e. The molecule has 6 heteroatoms. The quantitative estimate of drug-likeness (QED) is 0.761. The zero-order valence-electron chi connectivity index (χ0n) is 7.11. The van der Waals surface area contributed by atoms with Crippen LogP contribution in [0.25, 0.3) is 0 Å². The standard InChI is InChI=1S/C8H7N3OS2/c12-7-5(4-10-8(13)11-7)3-6-9-1-2-14-6/h1-2,4H,3H2,(H2,10,11,12,13). The molecule has 2 aromatic heterocycles. The summed E-state index contributed by atoms with van der Waals surface area (Å²) in [4.78, 5) is 20.8. The van der Waals surface area contributed by atoms with Gasteiger partial charge in [0.05, 0.1) is 5.01 Å². The Morgan fingerprint density at radius 3 is 3.07 bits per heavy atom. The molecule has 2 aromatic rings. The highest BCUT2D eigenvalue weighted by Gasteiger charge is 2.02. The van der Waals surface area contributed by atoms with Crippen molar-refractivity contribution in [3.8, 4) is 0 Å². The van der Waals surface area contributed by atoms with Crippen LogP contribution in [0.15, 0.2) is 22.6 Å². The van der Waals surface area contributed by atoms with Crippen molar-refractivity contribution in [3.63, 3.8) is 0 Å². The summed E-state index contributed by atoms with van der Waals surface area (Å²) in [6, 6.07) is 0. The van der Waals surface area contributed by atoms with Gasteiger partial charge in [-0.15, -0.1) is 11.3 Å². The number of nitrogens with zero attached hydrogens (tertiary/aromatic N) is 1. The summed E-state index contributed by atoms with van der Waals surface area (Å²) in [7, 11) is 0. The Morgan fingerprint density at radius 2 is 2.43 bits per heavy atom. The van der Waals surface area contributed by atoms with Gasteiger partial charge in [-0.2, -0.15) is 0 Å². The van der Waals surface area contributed by atoms with Gasteiger partial charge in [-0.05, 0) is 12.2 Å². The van der Waals surface area contributed by atoms with E-state index >= 15 is 0 Å². The molecule has 0 spiro atoms. The van der Waals surface area contributed by atoms with Crippen molar-refractivity contribution in [2.45, 2.75) is 6.42 Å². The molecule has 0 bridgehead atoms. The number of aromatic nitrogens is 3. The lowest BCUT2D eigenvalue weighted by atomic mass is 10.2. The Bertz CT molecular complexity index is 526. The second kappa shape index (κ2) is 3.85. The highest BCUT2D eigenvalue weighted by Crippen LogP contribution is 2.07. The fourth-order valence-corrected chi connectivity index (χ4v) is 1.86. The molecule has 2 rings (SSSR count). The van der Waals surface area contributed by atoms with Gasteiger partial charge in [0.1, 0.15) is 0 Å². The lowest BCUT2D eigenvalue weighted by Gasteiger charge is -1.95. The smallest absolute Gasteiger partial charge is 0.255 e. The molecule has 2 heterocycles. The first-order valence-corrected chi connectivity index (χ1v) is 5.24. The fraction of sp³-hybridized carbons (Fsp3) is 0.125. The highest BCUT2D eigenvalue weighted by atomic mass is 32.1. The molecule has 0 aromatic carbocycles. The Hall–Kier alpha value is -1.27. The molecule has 0 aliphatic carbocycles. The summed E-state index contributed by atoms with van der Waals surface area (Å²) in [5.74, 6) is 0. The number of rotatable bonds is 2. The topological polar surface area (TPSA) is 61.5 Å². The van der Waals surface area contributed by atoms with E-state index in [1.807, 2.05) is 5.38 Å². The van der Waals surface area contributed by atoms with Gasteiger partial charge in [-0.25, -0.2) is 4.98 Å². The van der Waals surface area contributed by atoms with Crippen molar-refractivity contribution < 1.29 is 0 Å². The van der Waals surface area contributed by atoms with E-state index in [0.717, 1.165) is 5.01 Å². The van der Waals surface area contributed by atoms with Crippen LogP contribution < -0.4 is 5.56 Å². The molecular weight excluding hydrogens is 218 g/mol. The maximum absolute atomic E-state index is 11.4. The predicted molar refractivity (Wildman–Crippen MR) is 57.2 cm³/mol. The molecule has 4 nitrogen and oxygen atoms in total. The molecule has 0 saturated carbocycles. The summed E-state index contributed by atoms with van der Waals surface area (Å²) in [5, 5.41) is 2.80. The van der Waals surface area contributed by atoms with E-state index in [1.54, 1.807) is 12.4 Å². The summed E-state index contributed by atoms with van der Waals surface area (Å²) in [6.07, 6.45) is 3.89. The van der Waals surface area contributed by atoms with E-state index in [2.05, 4.69) is 15.0 Å². The van der Waals surface area contributed by atoms with Crippen LogP contribution in [-0.2, 0) is 6.42 Å². The van der Waals surface area contributed by atoms with E-state index in [9.17, 15) is 4.79 Å². The number of nitrogens with one attached hydrogen (secondary N) is 2. The van der Waals surface area contributed by atoms with Gasteiger partial charge >= 0.3 is 0 Å². The molecule has 0 atom stereocenters. The molecule has 0 amide bonds. The third kappa shape index (κ3) is 1.97. The molecule has 0 unspecified atom stereocenters. The second-order valence-electron chi connectivity index (χ2n) is 2.70. The fourth-order valence-electron chi connectivity index (χ4n) is 1.07. The zero-order chi connectivity index (χ0) is 9.97. The SMILES string of the molecule is O=c1[nH]c(=S)[nH]cc1Cc1nccs1. The van der Waals surface area contributed by atoms with Crippen LogP contribution in [0.4, 0.5) is 0 Å². The van der Waals surface area contributed by atoms with E-state index in [4.69, 9.17) is 12.2 Å². The number of hydrogen-bond donors (Lipinski definition) is 2. The van der Waals surface area contributed by atoms with Crippen molar-refractivity contribution in [2.75, 3.05) is 0 Å². The number of thiazole rings is 1. The third-order valence-corrected chi connectivity index (χ3v) is 2.72. The highest BCUT2D eigenvalue weighted by molar-refractivity contribution is 7.71. The molecule has 0 radical (unpaired) electrons. The molecule has 0 aliphatic rings. The monoisotopic (exact) mass is 225 g/mol. The van der Waals surface area contributed by atoms with E-state index in [0.29, 0.717) is 16.8 Å². The summed E-state index contributed by atoms with van der Waals surface area (Å²) < 4.78 is 0.345. The number of hydrogen-bond acceptors (Lipinski definition) is 4. The van der Waals surface area contributed by atoms with Crippen molar-refractivity contribution in [1.82, 2.24) is 15.0 Å². The van der Waals surface area contributed by atoms with Crippen molar-refractivity contribution in [1.29, 1.82) is 0 Å². The minimum Gasteiger partial charge on any atom is -0.338 e. The van der Waals surface area contributed by atoms with E-state index in [1.165, 1.54) is 11.3 Å². The van der Waals surface area contributed by atoms with Crippen molar-refractivity contribution in [3.05, 3.63) is 43.5 Å². The summed E-state index contributed by atoms with van der Waals surface area (Å²) in [5.41, 5.74) is 0.498. The van der Waals surface area contributed by atoms with Crippen LogP contribution in [0.5, 0.6) is 0 Å². The van der Waals surface area contributed by atoms with Gasteiger partial charge in [0.15, 0.2) is 4.77 Å². The molecule has 0 fully saturated rings. The molecule has 0 aliphatic heterocycles. The number of aromatic amines is 2. The van der Waals surface area contributed by atoms with Crippen molar-refractivity contribution >= 4 is 23.6 Å². The van der Waals surface area contributed by atoms with E-state index in [-0.39, 0.29) is 5.56 Å². The molecule has 14 heavy (non-hydrogen) atoms. The number of H-pyrrole nitrogens is 2. The molecule has 0 saturated heterocycles. The van der Waals surface area contributed by atoms with Crippen LogP contribution in [0.3, 0.4) is 0 Å². The van der Waals surface area contributed by atoms with Gasteiger partial charge in [-0.3, -0.25) is 9.78 Å². The van der Waals surface area contributed by atoms with Gasteiger partial charge in [0.25, 0.3) is 5.56 Å². The van der Waals surface area contributed by atoms with Crippen LogP contribution in [0.2, 0.25) is 0 Å². The summed E-state index contributed by atoms with van der Waals surface area (Å²) >= 11 is 6.31. The maximum Gasteiger partial charge on any atom is 0.255 e. The van der Waals surface area contributed by atoms with Crippen LogP contribution in [-0.4, -0.2) is 15.0 Å². The lowest BCUT2D eigenvalue weighted by Crippen LogP contribution is -2.13. The van der Waals surface area contributed by atoms with Gasteiger partial charge < -0.3 is 4.98 Å². The average Bonchev–Trinajstić information content (AvgIpc) is 2.62. The Labute approximate surface area is 88.7 Å². The first-order chi connectivity index (χ1) is 6.75. The van der Waals surface area contributed by atoms with Crippen molar-refractivity contribution in [2.24, 2.45) is 0 Å². The summed E-state index contributed by atoms with van der Waals surface area (Å²) in [6.45, 7) is 0. The van der Waals surface area contributed by atoms with Gasteiger partial charge in [0.2, 0.25) is 0 Å². The Kier molecular flexibility index (Phi) is 2.55. The Morgan fingerprint density at radius 1 is 1.57 bits per heavy atom. The lowest BCUT2D eigenvalue weighted by molar-refractivity contribution is 0.999. The van der Waals surface area contributed by atoms with E-state index < -0.39 is 0 Å². The predicted octanol–water partition coefficient (Wildman–Crippen LogP) is 1.48. The molecule has 72 valence electrons. The minimum atomic E-state index is -0.149. The third-order valence-electron chi connectivity index (χ3n) is 1.72. The van der Waals surface area contributed by atoms with Crippen LogP contribution >= 0.6 is 23.6 Å². The average molecular weight is 225 g/mol. The first kappa shape index (κ1) is 9.29. The second-order valence-corrected chi connectivity index (χ2v) is 4.09.